The van der Waals surface area contributed by atoms with Crippen LogP contribution in [-0.4, -0.2) is 16.9 Å². The van der Waals surface area contributed by atoms with Crippen LogP contribution < -0.4 is 15.0 Å². The second-order valence-corrected chi connectivity index (χ2v) is 6.55. The maximum atomic E-state index is 12.6. The van der Waals surface area contributed by atoms with E-state index in [1.54, 1.807) is 42.5 Å². The van der Waals surface area contributed by atoms with E-state index < -0.39 is 5.56 Å². The van der Waals surface area contributed by atoms with E-state index in [0.29, 0.717) is 22.7 Å². The fourth-order valence-electron chi connectivity index (χ4n) is 2.59. The molecule has 148 valence electrons. The molecule has 0 spiro atoms. The molecule has 0 amide bonds. The van der Waals surface area contributed by atoms with Gasteiger partial charge in [-0.05, 0) is 42.8 Å². The third-order valence-electron chi connectivity index (χ3n) is 4.12. The topological polar surface area (TPSA) is 101 Å². The van der Waals surface area contributed by atoms with Crippen LogP contribution in [0.2, 0.25) is 5.02 Å². The highest BCUT2D eigenvalue weighted by molar-refractivity contribution is 6.31. The normalized spacial score (nSPS) is 9.90. The van der Waals surface area contributed by atoms with Crippen LogP contribution in [0.5, 0.6) is 17.2 Å². The zero-order valence-corrected chi connectivity index (χ0v) is 16.8. The van der Waals surface area contributed by atoms with Gasteiger partial charge in [0.1, 0.15) is 17.7 Å². The molecule has 0 N–H and O–H groups in total. The summed E-state index contributed by atoms with van der Waals surface area (Å²) in [4.78, 5) is 12.6. The summed E-state index contributed by atoms with van der Waals surface area (Å²) in [5.41, 5.74) is 1.65. The Bertz CT molecular complexity index is 1250. The Morgan fingerprint density at radius 3 is 2.43 bits per heavy atom. The lowest BCUT2D eigenvalue weighted by Crippen LogP contribution is -2.21. The lowest BCUT2D eigenvalue weighted by atomic mass is 10.1. The van der Waals surface area contributed by atoms with Crippen molar-refractivity contribution in [1.82, 2.24) is 9.78 Å². The number of ether oxygens (including phenoxy) is 2. The third-order valence-corrected chi connectivity index (χ3v) is 4.47. The molecule has 0 aliphatic heterocycles. The molecule has 3 rings (SSSR count). The van der Waals surface area contributed by atoms with E-state index in [0.717, 1.165) is 5.56 Å². The molecule has 0 atom stereocenters. The van der Waals surface area contributed by atoms with Crippen molar-refractivity contribution in [2.45, 2.75) is 6.92 Å². The molecular formula is C22H15ClN4O3. The molecule has 8 heteroatoms. The number of aryl methyl sites for hydroxylation is 1. The smallest absolute Gasteiger partial charge is 0.294 e. The lowest BCUT2D eigenvalue weighted by molar-refractivity contribution is 0.377. The molecule has 3 aromatic rings. The molecule has 0 aliphatic rings. The van der Waals surface area contributed by atoms with Crippen LogP contribution in [0.3, 0.4) is 0 Å². The van der Waals surface area contributed by atoms with Gasteiger partial charge in [0, 0.05) is 0 Å². The first-order valence-electron chi connectivity index (χ1n) is 8.69. The van der Waals surface area contributed by atoms with Gasteiger partial charge in [0.2, 0.25) is 0 Å². The predicted molar refractivity (Wildman–Crippen MR) is 112 cm³/mol. The quantitative estimate of drug-likeness (QED) is 0.568. The summed E-state index contributed by atoms with van der Waals surface area (Å²) in [6.07, 6.45) is 2.77. The number of halogens is 1. The minimum atomic E-state index is -0.524. The number of aromatic nitrogens is 2. The summed E-state index contributed by atoms with van der Waals surface area (Å²) in [6, 6.07) is 15.7. The van der Waals surface area contributed by atoms with Crippen molar-refractivity contribution in [2.24, 2.45) is 0 Å². The van der Waals surface area contributed by atoms with Crippen LogP contribution >= 0.6 is 11.6 Å². The molecule has 1 aromatic heterocycles. The molecule has 7 nitrogen and oxygen atoms in total. The minimum Gasteiger partial charge on any atom is -0.493 e. The predicted octanol–water partition coefficient (Wildman–Crippen LogP) is 4.43. The average Bonchev–Trinajstić information content (AvgIpc) is 2.77. The van der Waals surface area contributed by atoms with Gasteiger partial charge in [-0.3, -0.25) is 4.79 Å². The van der Waals surface area contributed by atoms with Gasteiger partial charge in [-0.15, -0.1) is 0 Å². The minimum absolute atomic E-state index is 0.0438. The molecule has 0 fully saturated rings. The van der Waals surface area contributed by atoms with Crippen molar-refractivity contribution < 1.29 is 9.47 Å². The second kappa shape index (κ2) is 8.95. The van der Waals surface area contributed by atoms with Crippen LogP contribution in [0.25, 0.3) is 11.8 Å². The highest BCUT2D eigenvalue weighted by Gasteiger charge is 2.15. The molecule has 2 aromatic carbocycles. The van der Waals surface area contributed by atoms with E-state index in [1.807, 2.05) is 19.1 Å². The number of nitrogens with zero attached hydrogens (tertiary/aromatic N) is 4. The standard InChI is InChI=1S/C22H15ClN4O3/c1-14-3-6-17(7-4-14)27-22(28)21(23)20(13-26-27)30-18-8-5-15(10-19(18)29-2)9-16(11-24)12-25/h3-10,13H,1-2H3. The maximum absolute atomic E-state index is 12.6. The number of nitriles is 2. The van der Waals surface area contributed by atoms with Gasteiger partial charge in [0.05, 0.1) is 19.0 Å². The molecule has 0 aliphatic carbocycles. The highest BCUT2D eigenvalue weighted by Crippen LogP contribution is 2.34. The zero-order chi connectivity index (χ0) is 21.7. The van der Waals surface area contributed by atoms with E-state index in [-0.39, 0.29) is 16.3 Å². The Morgan fingerprint density at radius 2 is 1.80 bits per heavy atom. The van der Waals surface area contributed by atoms with Crippen LogP contribution in [-0.2, 0) is 0 Å². The Morgan fingerprint density at radius 1 is 1.10 bits per heavy atom. The number of allylic oxidation sites excluding steroid dienone is 1. The van der Waals surface area contributed by atoms with Gasteiger partial charge >= 0.3 is 0 Å². The number of rotatable bonds is 5. The summed E-state index contributed by atoms with van der Waals surface area (Å²) in [5.74, 6) is 0.695. The molecule has 0 saturated carbocycles. The van der Waals surface area contributed by atoms with Crippen molar-refractivity contribution in [1.29, 1.82) is 10.5 Å². The monoisotopic (exact) mass is 418 g/mol. The van der Waals surface area contributed by atoms with Gasteiger partial charge < -0.3 is 9.47 Å². The summed E-state index contributed by atoms with van der Waals surface area (Å²) < 4.78 is 12.3. The van der Waals surface area contributed by atoms with Crippen molar-refractivity contribution in [3.63, 3.8) is 0 Å². The molecule has 0 radical (unpaired) electrons. The van der Waals surface area contributed by atoms with Gasteiger partial charge in [0.25, 0.3) is 5.56 Å². The van der Waals surface area contributed by atoms with E-state index in [4.69, 9.17) is 31.6 Å². The van der Waals surface area contributed by atoms with Gasteiger partial charge in [-0.1, -0.05) is 35.4 Å². The zero-order valence-electron chi connectivity index (χ0n) is 16.1. The largest absolute Gasteiger partial charge is 0.493 e. The van der Waals surface area contributed by atoms with E-state index >= 15 is 0 Å². The molecular weight excluding hydrogens is 404 g/mol. The SMILES string of the molecule is COc1cc(C=C(C#N)C#N)ccc1Oc1cnn(-c2ccc(C)cc2)c(=O)c1Cl. The molecule has 30 heavy (non-hydrogen) atoms. The molecule has 0 unspecified atom stereocenters. The fourth-order valence-corrected chi connectivity index (χ4v) is 2.76. The van der Waals surface area contributed by atoms with E-state index in [2.05, 4.69) is 5.10 Å². The van der Waals surface area contributed by atoms with Crippen molar-refractivity contribution in [2.75, 3.05) is 7.11 Å². The maximum Gasteiger partial charge on any atom is 0.294 e. The molecule has 0 saturated heterocycles. The van der Waals surface area contributed by atoms with Crippen LogP contribution in [0, 0.1) is 29.6 Å². The van der Waals surface area contributed by atoms with Gasteiger partial charge in [0.15, 0.2) is 22.3 Å². The summed E-state index contributed by atoms with van der Waals surface area (Å²) in [5, 5.41) is 21.8. The van der Waals surface area contributed by atoms with Crippen LogP contribution in [0.1, 0.15) is 11.1 Å². The first-order valence-corrected chi connectivity index (χ1v) is 9.07. The van der Waals surface area contributed by atoms with Crippen LogP contribution in [0.15, 0.2) is 59.0 Å². The van der Waals surface area contributed by atoms with Crippen molar-refractivity contribution in [3.05, 3.63) is 80.7 Å². The summed E-state index contributed by atoms with van der Waals surface area (Å²) >= 11 is 6.24. The van der Waals surface area contributed by atoms with Crippen molar-refractivity contribution >= 4 is 17.7 Å². The van der Waals surface area contributed by atoms with Crippen LogP contribution in [0.4, 0.5) is 0 Å². The molecule has 1 heterocycles. The fraction of sp³-hybridized carbons (Fsp3) is 0.0909. The first-order chi connectivity index (χ1) is 14.5. The summed E-state index contributed by atoms with van der Waals surface area (Å²) in [6.45, 7) is 1.94. The average molecular weight is 419 g/mol. The third kappa shape index (κ3) is 4.33. The van der Waals surface area contributed by atoms with Crippen molar-refractivity contribution in [3.8, 4) is 35.1 Å². The van der Waals surface area contributed by atoms with Gasteiger partial charge in [-0.2, -0.15) is 20.3 Å². The first kappa shape index (κ1) is 20.7. The number of hydrogen-bond acceptors (Lipinski definition) is 6. The van der Waals surface area contributed by atoms with E-state index in [9.17, 15) is 4.79 Å². The number of benzene rings is 2. The summed E-state index contributed by atoms with van der Waals surface area (Å²) in [7, 11) is 1.44. The highest BCUT2D eigenvalue weighted by atomic mass is 35.5. The van der Waals surface area contributed by atoms with Gasteiger partial charge in [-0.25, -0.2) is 0 Å². The Labute approximate surface area is 177 Å². The Hall–Kier alpha value is -4.07. The number of methoxy groups -OCH3 is 1. The Kier molecular flexibility index (Phi) is 6.17. The Balaban J connectivity index is 1.95. The second-order valence-electron chi connectivity index (χ2n) is 6.17. The molecule has 0 bridgehead atoms. The van der Waals surface area contributed by atoms with E-state index in [1.165, 1.54) is 24.1 Å². The number of hydrogen-bond donors (Lipinski definition) is 0. The lowest BCUT2D eigenvalue weighted by Gasteiger charge is -2.13.